The predicted molar refractivity (Wildman–Crippen MR) is 153 cm³/mol. The molecule has 1 aromatic rings. The summed E-state index contributed by atoms with van der Waals surface area (Å²) in [6.07, 6.45) is 5.32. The Hall–Kier alpha value is -1.87. The molecule has 0 aliphatic carbocycles. The Bertz CT molecular complexity index is 894. The van der Waals surface area contributed by atoms with Gasteiger partial charge in [-0.05, 0) is 74.0 Å². The highest BCUT2D eigenvalue weighted by molar-refractivity contribution is 5.79. The summed E-state index contributed by atoms with van der Waals surface area (Å²) in [5.41, 5.74) is 7.73. The van der Waals surface area contributed by atoms with Gasteiger partial charge in [-0.2, -0.15) is 0 Å². The maximum Gasteiger partial charge on any atom is 0.223 e. The van der Waals surface area contributed by atoms with E-state index in [0.717, 1.165) is 43.4 Å². The van der Waals surface area contributed by atoms with Crippen LogP contribution in [0.1, 0.15) is 71.8 Å². The Morgan fingerprint density at radius 2 is 1.87 bits per heavy atom. The summed E-state index contributed by atoms with van der Waals surface area (Å²) < 4.78 is 22.5. The van der Waals surface area contributed by atoms with Gasteiger partial charge in [-0.15, -0.1) is 0 Å². The van der Waals surface area contributed by atoms with Crippen molar-refractivity contribution < 1.29 is 28.8 Å². The molecule has 2 aliphatic heterocycles. The van der Waals surface area contributed by atoms with E-state index in [9.17, 15) is 9.90 Å². The molecular formula is C31H52N2O6. The van der Waals surface area contributed by atoms with Crippen LogP contribution in [0.25, 0.3) is 0 Å². The van der Waals surface area contributed by atoms with Crippen LogP contribution in [0.3, 0.4) is 0 Å². The monoisotopic (exact) mass is 548 g/mol. The molecule has 1 amide bonds. The minimum atomic E-state index is -0.753. The van der Waals surface area contributed by atoms with Gasteiger partial charge in [0.05, 0.1) is 38.1 Å². The van der Waals surface area contributed by atoms with E-state index in [4.69, 9.17) is 24.7 Å². The quantitative estimate of drug-likeness (QED) is 0.251. The lowest BCUT2D eigenvalue weighted by Gasteiger charge is -2.31. The number of fused-ring (bicyclic) bond motifs is 2. The number of carbonyl (C=O) groups excluding carboxylic acids is 1. The van der Waals surface area contributed by atoms with Crippen LogP contribution in [0.2, 0.25) is 0 Å². The van der Waals surface area contributed by atoms with E-state index in [1.165, 1.54) is 0 Å². The molecule has 2 heterocycles. The third kappa shape index (κ3) is 9.07. The number of carbonyl (C=O) groups is 1. The Labute approximate surface area is 235 Å². The van der Waals surface area contributed by atoms with Crippen LogP contribution in [-0.2, 0) is 20.7 Å². The first-order chi connectivity index (χ1) is 18.6. The number of aliphatic hydroxyl groups is 1. The van der Waals surface area contributed by atoms with E-state index in [-0.39, 0.29) is 41.9 Å². The summed E-state index contributed by atoms with van der Waals surface area (Å²) in [5, 5.41) is 14.3. The Kier molecular flexibility index (Phi) is 12.4. The van der Waals surface area contributed by atoms with E-state index >= 15 is 0 Å². The number of amides is 1. The summed E-state index contributed by atoms with van der Waals surface area (Å²) in [5.74, 6) is 1.90. The minimum Gasteiger partial charge on any atom is -0.493 e. The molecule has 7 atom stereocenters. The van der Waals surface area contributed by atoms with Gasteiger partial charge in [0.25, 0.3) is 0 Å². The van der Waals surface area contributed by atoms with Crippen molar-refractivity contribution in [2.24, 2.45) is 29.4 Å². The molecule has 2 aliphatic rings. The van der Waals surface area contributed by atoms with Crippen LogP contribution in [0.15, 0.2) is 18.2 Å². The van der Waals surface area contributed by atoms with Crippen LogP contribution in [0.4, 0.5) is 0 Å². The van der Waals surface area contributed by atoms with Gasteiger partial charge in [-0.1, -0.05) is 33.8 Å². The molecule has 4 N–H and O–H groups in total. The number of methoxy groups -OCH3 is 2. The van der Waals surface area contributed by atoms with E-state index in [1.807, 2.05) is 26.0 Å². The van der Waals surface area contributed by atoms with Gasteiger partial charge in [-0.25, -0.2) is 0 Å². The fourth-order valence-electron chi connectivity index (χ4n) is 5.94. The number of ether oxygens (including phenoxy) is 4. The number of nitrogens with one attached hydrogen (secondary N) is 1. The number of aliphatic hydroxyl groups excluding tert-OH is 1. The molecule has 3 rings (SSSR count). The third-order valence-corrected chi connectivity index (χ3v) is 8.56. The number of rotatable bonds is 17. The molecule has 8 nitrogen and oxygen atoms in total. The number of benzene rings is 1. The summed E-state index contributed by atoms with van der Waals surface area (Å²) >= 11 is 0. The second-order valence-corrected chi connectivity index (χ2v) is 12.2. The van der Waals surface area contributed by atoms with Crippen LogP contribution >= 0.6 is 0 Å². The summed E-state index contributed by atoms with van der Waals surface area (Å²) in [7, 11) is 3.33. The van der Waals surface area contributed by atoms with Crippen molar-refractivity contribution in [2.45, 2.75) is 103 Å². The topological polar surface area (TPSA) is 112 Å². The number of nitrogens with two attached hydrogens (primary N) is 1. The van der Waals surface area contributed by atoms with Gasteiger partial charge in [0.1, 0.15) is 0 Å². The summed E-state index contributed by atoms with van der Waals surface area (Å²) in [6, 6.07) is 5.73. The highest BCUT2D eigenvalue weighted by Crippen LogP contribution is 2.35. The van der Waals surface area contributed by atoms with Gasteiger partial charge in [0.15, 0.2) is 11.5 Å². The van der Waals surface area contributed by atoms with E-state index in [2.05, 4.69) is 25.2 Å². The van der Waals surface area contributed by atoms with Gasteiger partial charge >= 0.3 is 0 Å². The zero-order valence-electron chi connectivity index (χ0n) is 24.9. The fourth-order valence-corrected chi connectivity index (χ4v) is 5.94. The van der Waals surface area contributed by atoms with E-state index in [0.29, 0.717) is 37.7 Å². The highest BCUT2D eigenvalue weighted by atomic mass is 16.5. The normalized spacial score (nSPS) is 23.6. The van der Waals surface area contributed by atoms with Gasteiger partial charge in [-0.3, -0.25) is 4.79 Å². The molecule has 222 valence electrons. The maximum absolute atomic E-state index is 13.2. The van der Waals surface area contributed by atoms with E-state index in [1.54, 1.807) is 14.2 Å². The zero-order chi connectivity index (χ0) is 28.5. The first-order valence-corrected chi connectivity index (χ1v) is 14.8. The van der Waals surface area contributed by atoms with Gasteiger partial charge < -0.3 is 35.1 Å². The van der Waals surface area contributed by atoms with Gasteiger partial charge in [0, 0.05) is 32.1 Å². The highest BCUT2D eigenvalue weighted by Gasteiger charge is 2.42. The molecule has 0 saturated carbocycles. The summed E-state index contributed by atoms with van der Waals surface area (Å²) in [6.45, 7) is 9.66. The zero-order valence-corrected chi connectivity index (χ0v) is 24.9. The lowest BCUT2D eigenvalue weighted by atomic mass is 9.80. The smallest absolute Gasteiger partial charge is 0.223 e. The molecular weight excluding hydrogens is 496 g/mol. The maximum atomic E-state index is 13.2. The molecule has 1 aromatic carbocycles. The van der Waals surface area contributed by atoms with Crippen molar-refractivity contribution >= 4 is 5.91 Å². The molecule has 39 heavy (non-hydrogen) atoms. The van der Waals surface area contributed by atoms with Crippen LogP contribution < -0.4 is 20.5 Å². The molecule has 0 spiro atoms. The standard InChI is InChI=1S/C31H52N2O6/c1-19(2)22(14-21-8-10-29(37-6)30(15-21)38-13-7-12-36-5)16-25(32)27(34)18-24(20(3)4)31(35)33-26-17-23-9-11-28(26)39-23/h8,10,15,19-20,22-28,34H,7,9,11-14,16-18,32H2,1-6H3,(H,33,35)/t22?,23-,24?,25?,26+,27?,28-/m1/s1. The largest absolute Gasteiger partial charge is 0.493 e. The molecule has 4 unspecified atom stereocenters. The van der Waals surface area contributed by atoms with Crippen molar-refractivity contribution in [1.29, 1.82) is 0 Å². The fraction of sp³-hybridized carbons (Fsp3) is 0.774. The molecule has 2 saturated heterocycles. The van der Waals surface area contributed by atoms with Crippen LogP contribution in [0.5, 0.6) is 11.5 Å². The molecule has 0 radical (unpaired) electrons. The molecule has 2 fully saturated rings. The van der Waals surface area contributed by atoms with Crippen molar-refractivity contribution in [3.8, 4) is 11.5 Å². The Morgan fingerprint density at radius 1 is 1.10 bits per heavy atom. The minimum absolute atomic E-state index is 0.00840. The molecule has 8 heteroatoms. The van der Waals surface area contributed by atoms with Crippen molar-refractivity contribution in [3.63, 3.8) is 0 Å². The first-order valence-electron chi connectivity index (χ1n) is 14.8. The Balaban J connectivity index is 1.58. The number of hydrogen-bond donors (Lipinski definition) is 3. The third-order valence-electron chi connectivity index (χ3n) is 8.56. The lowest BCUT2D eigenvalue weighted by molar-refractivity contribution is -0.128. The average molecular weight is 549 g/mol. The van der Waals surface area contributed by atoms with Crippen molar-refractivity contribution in [2.75, 3.05) is 27.4 Å². The SMILES string of the molecule is COCCCOc1cc(CC(CC(N)C(O)CC(C(=O)N[C@H]2C[C@H]3CC[C@H]2O3)C(C)C)C(C)C)ccc1OC. The van der Waals surface area contributed by atoms with Crippen molar-refractivity contribution in [1.82, 2.24) is 5.32 Å². The first kappa shape index (κ1) is 31.7. The molecule has 2 bridgehead atoms. The Morgan fingerprint density at radius 3 is 2.46 bits per heavy atom. The predicted octanol–water partition coefficient (Wildman–Crippen LogP) is 4.10. The summed E-state index contributed by atoms with van der Waals surface area (Å²) in [4.78, 5) is 13.2. The van der Waals surface area contributed by atoms with Crippen LogP contribution in [-0.4, -0.2) is 68.8 Å². The average Bonchev–Trinajstić information content (AvgIpc) is 3.52. The second-order valence-electron chi connectivity index (χ2n) is 12.2. The van der Waals surface area contributed by atoms with E-state index < -0.39 is 12.1 Å². The second kappa shape index (κ2) is 15.2. The van der Waals surface area contributed by atoms with Gasteiger partial charge in [0.2, 0.25) is 5.91 Å². The lowest BCUT2D eigenvalue weighted by Crippen LogP contribution is -2.47. The number of hydrogen-bond acceptors (Lipinski definition) is 7. The van der Waals surface area contributed by atoms with Crippen LogP contribution in [0, 0.1) is 23.7 Å². The van der Waals surface area contributed by atoms with Crippen molar-refractivity contribution in [3.05, 3.63) is 23.8 Å². The molecule has 0 aromatic heterocycles.